The van der Waals surface area contributed by atoms with Gasteiger partial charge >= 0.3 is 0 Å². The molecule has 2 N–H and O–H groups in total. The minimum atomic E-state index is -0.300. The van der Waals surface area contributed by atoms with Crippen LogP contribution in [0.15, 0.2) is 76.2 Å². The minimum Gasteiger partial charge on any atom is -0.459 e. The van der Waals surface area contributed by atoms with E-state index in [0.717, 1.165) is 16.1 Å². The molecule has 3 rings (SSSR count). The first-order valence-corrected chi connectivity index (χ1v) is 9.38. The molecule has 138 valence electrons. The molecule has 3 aromatic rings. The van der Waals surface area contributed by atoms with Gasteiger partial charge in [0.15, 0.2) is 5.76 Å². The molecule has 0 aliphatic carbocycles. The second-order valence-corrected chi connectivity index (χ2v) is 7.49. The number of furan rings is 1. The Kier molecular flexibility index (Phi) is 5.98. The highest BCUT2D eigenvalue weighted by atomic mass is 32.2. The van der Waals surface area contributed by atoms with Crippen molar-refractivity contribution in [2.45, 2.75) is 24.0 Å². The summed E-state index contributed by atoms with van der Waals surface area (Å²) >= 11 is 1.46. The van der Waals surface area contributed by atoms with E-state index in [-0.39, 0.29) is 22.8 Å². The Labute approximate surface area is 162 Å². The highest BCUT2D eigenvalue weighted by molar-refractivity contribution is 8.00. The van der Waals surface area contributed by atoms with Gasteiger partial charge in [0, 0.05) is 16.3 Å². The Hall–Kier alpha value is -2.99. The van der Waals surface area contributed by atoms with E-state index in [2.05, 4.69) is 10.6 Å². The minimum absolute atomic E-state index is 0.0564. The van der Waals surface area contributed by atoms with Crippen molar-refractivity contribution in [1.29, 1.82) is 0 Å². The Morgan fingerprint density at radius 2 is 1.56 bits per heavy atom. The fourth-order valence-corrected chi connectivity index (χ4v) is 3.22. The topological polar surface area (TPSA) is 71.3 Å². The maximum Gasteiger partial charge on any atom is 0.291 e. The lowest BCUT2D eigenvalue weighted by atomic mass is 10.2. The van der Waals surface area contributed by atoms with Crippen molar-refractivity contribution in [3.63, 3.8) is 0 Å². The number of carbonyl (C=O) groups is 2. The van der Waals surface area contributed by atoms with Crippen LogP contribution in [0.1, 0.15) is 23.0 Å². The number of benzene rings is 2. The number of nitrogens with one attached hydrogen (secondary N) is 2. The lowest BCUT2D eigenvalue weighted by molar-refractivity contribution is -0.115. The number of hydrogen-bond donors (Lipinski definition) is 2. The number of aryl methyl sites for hydroxylation is 1. The molecule has 0 saturated heterocycles. The van der Waals surface area contributed by atoms with E-state index in [9.17, 15) is 9.59 Å². The van der Waals surface area contributed by atoms with E-state index in [4.69, 9.17) is 4.42 Å². The highest BCUT2D eigenvalue weighted by Crippen LogP contribution is 2.26. The first-order chi connectivity index (χ1) is 13.0. The number of amides is 2. The Balaban J connectivity index is 1.54. The summed E-state index contributed by atoms with van der Waals surface area (Å²) in [5, 5.41) is 5.42. The third-order valence-electron chi connectivity index (χ3n) is 3.86. The van der Waals surface area contributed by atoms with Gasteiger partial charge in [-0.3, -0.25) is 9.59 Å². The van der Waals surface area contributed by atoms with Crippen LogP contribution in [-0.2, 0) is 4.79 Å². The van der Waals surface area contributed by atoms with Crippen LogP contribution in [-0.4, -0.2) is 17.1 Å². The third kappa shape index (κ3) is 5.24. The molecule has 0 aliphatic heterocycles. The van der Waals surface area contributed by atoms with Crippen LogP contribution in [0.2, 0.25) is 0 Å². The van der Waals surface area contributed by atoms with Crippen molar-refractivity contribution in [2.24, 2.45) is 0 Å². The van der Waals surface area contributed by atoms with Crippen molar-refractivity contribution < 1.29 is 14.0 Å². The normalized spacial score (nSPS) is 11.6. The predicted octanol–water partition coefficient (Wildman–Crippen LogP) is 4.96. The second-order valence-electron chi connectivity index (χ2n) is 6.07. The van der Waals surface area contributed by atoms with Gasteiger partial charge in [-0.15, -0.1) is 11.8 Å². The van der Waals surface area contributed by atoms with E-state index >= 15 is 0 Å². The number of rotatable bonds is 6. The van der Waals surface area contributed by atoms with E-state index in [1.165, 1.54) is 18.0 Å². The summed E-state index contributed by atoms with van der Waals surface area (Å²) in [6, 6.07) is 18.3. The van der Waals surface area contributed by atoms with Gasteiger partial charge in [-0.1, -0.05) is 17.7 Å². The maximum absolute atomic E-state index is 12.3. The molecule has 0 saturated carbocycles. The number of carbonyl (C=O) groups excluding carboxylic acids is 2. The fraction of sp³-hybridized carbons (Fsp3) is 0.143. The number of thioether (sulfide) groups is 1. The second kappa shape index (κ2) is 8.60. The van der Waals surface area contributed by atoms with Gasteiger partial charge in [0.05, 0.1) is 11.5 Å². The first-order valence-electron chi connectivity index (χ1n) is 8.50. The van der Waals surface area contributed by atoms with Crippen molar-refractivity contribution in [3.8, 4) is 0 Å². The summed E-state index contributed by atoms with van der Waals surface area (Å²) in [6.45, 7) is 3.87. The zero-order valence-corrected chi connectivity index (χ0v) is 15.9. The summed E-state index contributed by atoms with van der Waals surface area (Å²) in [4.78, 5) is 25.2. The molecule has 1 atom stereocenters. The third-order valence-corrected chi connectivity index (χ3v) is 4.97. The Morgan fingerprint density at radius 3 is 2.19 bits per heavy atom. The van der Waals surface area contributed by atoms with Crippen molar-refractivity contribution in [1.82, 2.24) is 0 Å². The average molecular weight is 380 g/mol. The zero-order chi connectivity index (χ0) is 19.2. The molecule has 1 unspecified atom stereocenters. The fourth-order valence-electron chi connectivity index (χ4n) is 2.36. The van der Waals surface area contributed by atoms with Gasteiger partial charge in [-0.2, -0.15) is 0 Å². The zero-order valence-electron chi connectivity index (χ0n) is 15.1. The molecular weight excluding hydrogens is 360 g/mol. The lowest BCUT2D eigenvalue weighted by Gasteiger charge is -2.12. The Morgan fingerprint density at radius 1 is 0.926 bits per heavy atom. The van der Waals surface area contributed by atoms with Crippen molar-refractivity contribution >= 4 is 35.0 Å². The van der Waals surface area contributed by atoms with E-state index < -0.39 is 0 Å². The standard InChI is InChI=1S/C21H20N2O3S/c1-14-5-7-16(8-6-14)22-20(24)15(2)27-18-11-9-17(10-12-18)23-21(25)19-4-3-13-26-19/h3-13,15H,1-2H3,(H,22,24)(H,23,25). The summed E-state index contributed by atoms with van der Waals surface area (Å²) in [5.74, 6) is -0.0971. The van der Waals surface area contributed by atoms with E-state index in [1.807, 2.05) is 50.2 Å². The summed E-state index contributed by atoms with van der Waals surface area (Å²) < 4.78 is 5.06. The Bertz CT molecular complexity index is 904. The summed E-state index contributed by atoms with van der Waals surface area (Å²) in [5.41, 5.74) is 2.60. The van der Waals surface area contributed by atoms with Crippen LogP contribution in [0.25, 0.3) is 0 Å². The average Bonchev–Trinajstić information content (AvgIpc) is 3.20. The maximum atomic E-state index is 12.3. The summed E-state index contributed by atoms with van der Waals surface area (Å²) in [7, 11) is 0. The van der Waals surface area contributed by atoms with Gasteiger partial charge < -0.3 is 15.1 Å². The van der Waals surface area contributed by atoms with Crippen LogP contribution in [0, 0.1) is 6.92 Å². The van der Waals surface area contributed by atoms with Crippen LogP contribution in [0.5, 0.6) is 0 Å². The van der Waals surface area contributed by atoms with E-state index in [1.54, 1.807) is 24.3 Å². The van der Waals surface area contributed by atoms with Gasteiger partial charge in [0.2, 0.25) is 5.91 Å². The van der Waals surface area contributed by atoms with Gasteiger partial charge in [0.25, 0.3) is 5.91 Å². The molecule has 6 heteroatoms. The molecule has 2 amide bonds. The highest BCUT2D eigenvalue weighted by Gasteiger charge is 2.15. The van der Waals surface area contributed by atoms with E-state index in [0.29, 0.717) is 5.69 Å². The van der Waals surface area contributed by atoms with Crippen LogP contribution < -0.4 is 10.6 Å². The molecule has 0 aliphatic rings. The van der Waals surface area contributed by atoms with Crippen LogP contribution in [0.4, 0.5) is 11.4 Å². The van der Waals surface area contributed by atoms with Crippen LogP contribution >= 0.6 is 11.8 Å². The molecule has 0 fully saturated rings. The van der Waals surface area contributed by atoms with Crippen LogP contribution in [0.3, 0.4) is 0 Å². The van der Waals surface area contributed by atoms with Crippen molar-refractivity contribution in [3.05, 3.63) is 78.3 Å². The first kappa shape index (κ1) is 18.8. The molecule has 0 bridgehead atoms. The molecule has 1 heterocycles. The number of anilines is 2. The molecule has 1 aromatic heterocycles. The molecule has 0 spiro atoms. The molecule has 0 radical (unpaired) electrons. The smallest absolute Gasteiger partial charge is 0.291 e. The van der Waals surface area contributed by atoms with Gasteiger partial charge in [-0.25, -0.2) is 0 Å². The van der Waals surface area contributed by atoms with Gasteiger partial charge in [0.1, 0.15) is 0 Å². The number of hydrogen-bond acceptors (Lipinski definition) is 4. The molecule has 27 heavy (non-hydrogen) atoms. The molecule has 5 nitrogen and oxygen atoms in total. The predicted molar refractivity (Wildman–Crippen MR) is 108 cm³/mol. The van der Waals surface area contributed by atoms with Crippen molar-refractivity contribution in [2.75, 3.05) is 10.6 Å². The SMILES string of the molecule is Cc1ccc(NC(=O)C(C)Sc2ccc(NC(=O)c3ccco3)cc2)cc1. The monoisotopic (exact) mass is 380 g/mol. The van der Waals surface area contributed by atoms with Gasteiger partial charge in [-0.05, 0) is 62.4 Å². The molecular formula is C21H20N2O3S. The molecule has 2 aromatic carbocycles. The largest absolute Gasteiger partial charge is 0.459 e. The quantitative estimate of drug-likeness (QED) is 0.593. The lowest BCUT2D eigenvalue weighted by Crippen LogP contribution is -2.22. The summed E-state index contributed by atoms with van der Waals surface area (Å²) in [6.07, 6.45) is 1.46.